The monoisotopic (exact) mass is 197 g/mol. The third-order valence-corrected chi connectivity index (χ3v) is 2.16. The first kappa shape index (κ1) is 10.8. The Kier molecular flexibility index (Phi) is 4.16. The van der Waals surface area contributed by atoms with Crippen molar-refractivity contribution in [3.05, 3.63) is 11.6 Å². The molecule has 0 atom stereocenters. The number of hydrogen-bond donors (Lipinski definition) is 0. The van der Waals surface area contributed by atoms with Crippen LogP contribution in [0.15, 0.2) is 16.8 Å². The van der Waals surface area contributed by atoms with Crippen LogP contribution in [-0.4, -0.2) is 25.9 Å². The quantitative estimate of drug-likeness (QED) is 0.393. The molecule has 1 rings (SSSR count). The highest BCUT2D eigenvalue weighted by Gasteiger charge is 2.19. The van der Waals surface area contributed by atoms with Crippen LogP contribution < -0.4 is 0 Å². The molecule has 1 aliphatic rings. The van der Waals surface area contributed by atoms with Gasteiger partial charge in [-0.05, 0) is 31.3 Å². The molecule has 78 valence electrons. The van der Waals surface area contributed by atoms with Crippen LogP contribution in [0.4, 0.5) is 0 Å². The molecule has 0 unspecified atom stereocenters. The van der Waals surface area contributed by atoms with Gasteiger partial charge in [0.2, 0.25) is 0 Å². The predicted octanol–water partition coefficient (Wildman–Crippen LogP) is 1.66. The Morgan fingerprint density at radius 2 is 2.21 bits per heavy atom. The van der Waals surface area contributed by atoms with Crippen LogP contribution in [0.2, 0.25) is 0 Å². The average molecular weight is 197 g/mol. The van der Waals surface area contributed by atoms with Crippen LogP contribution in [0.3, 0.4) is 0 Å². The van der Waals surface area contributed by atoms with E-state index in [1.165, 1.54) is 20.6 Å². The highest BCUT2D eigenvalue weighted by Crippen LogP contribution is 2.19. The first-order valence-electron chi connectivity index (χ1n) is 4.68. The summed E-state index contributed by atoms with van der Waals surface area (Å²) >= 11 is 0. The van der Waals surface area contributed by atoms with Crippen LogP contribution in [-0.2, 0) is 14.4 Å². The summed E-state index contributed by atoms with van der Waals surface area (Å²) in [6, 6.07) is 0. The smallest absolute Gasteiger partial charge is 0.360 e. The maximum absolute atomic E-state index is 11.3. The van der Waals surface area contributed by atoms with Crippen molar-refractivity contribution in [1.82, 2.24) is 0 Å². The molecule has 0 saturated carbocycles. The molecule has 0 amide bonds. The van der Waals surface area contributed by atoms with Crippen LogP contribution in [0, 0.1) is 0 Å². The molecule has 0 radical (unpaired) electrons. The van der Waals surface area contributed by atoms with Gasteiger partial charge in [0.25, 0.3) is 0 Å². The molecule has 0 saturated heterocycles. The minimum atomic E-state index is -0.431. The van der Waals surface area contributed by atoms with Gasteiger partial charge in [0.1, 0.15) is 7.11 Å². The van der Waals surface area contributed by atoms with Gasteiger partial charge in [0.15, 0.2) is 5.71 Å². The number of carbonyl (C=O) groups is 1. The van der Waals surface area contributed by atoms with Gasteiger partial charge in [-0.3, -0.25) is 0 Å². The van der Waals surface area contributed by atoms with Crippen molar-refractivity contribution in [1.29, 1.82) is 0 Å². The zero-order chi connectivity index (χ0) is 10.4. The number of nitrogens with zero attached hydrogens (tertiary/aromatic N) is 1. The molecule has 0 aromatic rings. The normalized spacial score (nSPS) is 17.3. The fourth-order valence-electron chi connectivity index (χ4n) is 1.47. The van der Waals surface area contributed by atoms with E-state index in [0.29, 0.717) is 5.71 Å². The molecular weight excluding hydrogens is 182 g/mol. The zero-order valence-electron chi connectivity index (χ0n) is 8.58. The largest absolute Gasteiger partial charge is 0.464 e. The second-order valence-corrected chi connectivity index (χ2v) is 3.09. The molecule has 0 aromatic carbocycles. The Hall–Kier alpha value is -1.32. The summed E-state index contributed by atoms with van der Waals surface area (Å²) in [5.41, 5.74) is 1.24. The number of allylic oxidation sites excluding steroid dienone is 1. The maximum atomic E-state index is 11.3. The number of rotatable bonds is 3. The predicted molar refractivity (Wildman–Crippen MR) is 53.0 cm³/mol. The molecular formula is C10H15NO3. The van der Waals surface area contributed by atoms with E-state index in [1.54, 1.807) is 0 Å². The summed E-state index contributed by atoms with van der Waals surface area (Å²) in [7, 11) is 2.77. The molecule has 4 nitrogen and oxygen atoms in total. The van der Waals surface area contributed by atoms with E-state index in [4.69, 9.17) is 0 Å². The standard InChI is InChI=1S/C10H15NO3/c1-13-10(12)9(11-14-2)8-6-4-3-5-7-8/h6H,3-5,7H2,1-2H3/b11-9-. The maximum Gasteiger partial charge on any atom is 0.360 e. The van der Waals surface area contributed by atoms with E-state index in [-0.39, 0.29) is 0 Å². The van der Waals surface area contributed by atoms with Crippen molar-refractivity contribution in [2.45, 2.75) is 25.7 Å². The van der Waals surface area contributed by atoms with Crippen molar-refractivity contribution in [3.8, 4) is 0 Å². The van der Waals surface area contributed by atoms with Crippen molar-refractivity contribution in [3.63, 3.8) is 0 Å². The number of carbonyl (C=O) groups excluding carboxylic acids is 1. The number of oxime groups is 1. The van der Waals surface area contributed by atoms with Gasteiger partial charge >= 0.3 is 5.97 Å². The molecule has 0 N–H and O–H groups in total. The lowest BCUT2D eigenvalue weighted by Gasteiger charge is -2.12. The molecule has 0 aliphatic heterocycles. The molecule has 0 fully saturated rings. The summed E-state index contributed by atoms with van der Waals surface area (Å²) in [6.45, 7) is 0. The second-order valence-electron chi connectivity index (χ2n) is 3.09. The number of hydrogen-bond acceptors (Lipinski definition) is 4. The SMILES string of the molecule is CO/N=C(\C(=O)OC)C1=CCCCC1. The van der Waals surface area contributed by atoms with E-state index in [2.05, 4.69) is 14.7 Å². The Balaban J connectivity index is 2.81. The van der Waals surface area contributed by atoms with E-state index < -0.39 is 5.97 Å². The summed E-state index contributed by atoms with van der Waals surface area (Å²) < 4.78 is 4.63. The van der Waals surface area contributed by atoms with Gasteiger partial charge in [-0.25, -0.2) is 4.79 Å². The third kappa shape index (κ3) is 2.58. The average Bonchev–Trinajstić information content (AvgIpc) is 2.26. The molecule has 0 heterocycles. The van der Waals surface area contributed by atoms with Gasteiger partial charge < -0.3 is 9.57 Å². The Morgan fingerprint density at radius 3 is 2.71 bits per heavy atom. The van der Waals surface area contributed by atoms with Crippen LogP contribution in [0.25, 0.3) is 0 Å². The topological polar surface area (TPSA) is 47.9 Å². The number of methoxy groups -OCH3 is 1. The minimum absolute atomic E-state index is 0.301. The summed E-state index contributed by atoms with van der Waals surface area (Å²) in [6.07, 6.45) is 6.15. The molecule has 14 heavy (non-hydrogen) atoms. The lowest BCUT2D eigenvalue weighted by molar-refractivity contribution is -0.132. The van der Waals surface area contributed by atoms with Crippen molar-refractivity contribution in [2.75, 3.05) is 14.2 Å². The van der Waals surface area contributed by atoms with E-state index in [0.717, 1.165) is 24.8 Å². The fraction of sp³-hybridized carbons (Fsp3) is 0.600. The van der Waals surface area contributed by atoms with Gasteiger partial charge in [-0.1, -0.05) is 11.2 Å². The summed E-state index contributed by atoms with van der Waals surface area (Å²) in [5, 5.41) is 3.69. The van der Waals surface area contributed by atoms with Crippen molar-refractivity contribution in [2.24, 2.45) is 5.16 Å². The molecule has 0 bridgehead atoms. The Morgan fingerprint density at radius 1 is 1.43 bits per heavy atom. The zero-order valence-corrected chi connectivity index (χ0v) is 8.58. The molecule has 1 aliphatic carbocycles. The van der Waals surface area contributed by atoms with Gasteiger partial charge in [-0.15, -0.1) is 0 Å². The van der Waals surface area contributed by atoms with Crippen LogP contribution in [0.5, 0.6) is 0 Å². The van der Waals surface area contributed by atoms with Crippen LogP contribution in [0.1, 0.15) is 25.7 Å². The van der Waals surface area contributed by atoms with Gasteiger partial charge in [0.05, 0.1) is 7.11 Å². The van der Waals surface area contributed by atoms with E-state index >= 15 is 0 Å². The Labute approximate surface area is 83.6 Å². The van der Waals surface area contributed by atoms with E-state index in [1.807, 2.05) is 6.08 Å². The number of ether oxygens (including phenoxy) is 1. The first-order valence-corrected chi connectivity index (χ1v) is 4.68. The van der Waals surface area contributed by atoms with Gasteiger partial charge in [0, 0.05) is 0 Å². The van der Waals surface area contributed by atoms with Crippen LogP contribution >= 0.6 is 0 Å². The highest BCUT2D eigenvalue weighted by atomic mass is 16.6. The lowest BCUT2D eigenvalue weighted by atomic mass is 9.96. The second kappa shape index (κ2) is 5.42. The summed E-state index contributed by atoms with van der Waals surface area (Å²) in [4.78, 5) is 16.0. The Bertz CT molecular complexity index is 269. The lowest BCUT2D eigenvalue weighted by Crippen LogP contribution is -2.19. The molecule has 0 spiro atoms. The third-order valence-electron chi connectivity index (χ3n) is 2.16. The van der Waals surface area contributed by atoms with Crippen molar-refractivity contribution < 1.29 is 14.4 Å². The minimum Gasteiger partial charge on any atom is -0.464 e. The van der Waals surface area contributed by atoms with Crippen molar-refractivity contribution >= 4 is 11.7 Å². The fourth-order valence-corrected chi connectivity index (χ4v) is 1.47. The van der Waals surface area contributed by atoms with E-state index in [9.17, 15) is 4.79 Å². The number of esters is 1. The first-order chi connectivity index (χ1) is 6.79. The highest BCUT2D eigenvalue weighted by molar-refractivity contribution is 6.43. The molecule has 0 aromatic heterocycles. The summed E-state index contributed by atoms with van der Waals surface area (Å²) in [5.74, 6) is -0.431. The molecule has 4 heteroatoms. The van der Waals surface area contributed by atoms with Gasteiger partial charge in [-0.2, -0.15) is 0 Å².